The van der Waals surface area contributed by atoms with Crippen LogP contribution in [0.2, 0.25) is 0 Å². The minimum Gasteiger partial charge on any atom is -0.404 e. The summed E-state index contributed by atoms with van der Waals surface area (Å²) in [5, 5.41) is 0. The van der Waals surface area contributed by atoms with Crippen LogP contribution in [0.5, 0.6) is 0 Å². The quantitative estimate of drug-likeness (QED) is 0.399. The van der Waals surface area contributed by atoms with Gasteiger partial charge in [0.25, 0.3) is 0 Å². The van der Waals surface area contributed by atoms with Crippen molar-refractivity contribution >= 4 is 12.6 Å². The fourth-order valence-electron chi connectivity index (χ4n) is 1.20. The highest BCUT2D eigenvalue weighted by Crippen LogP contribution is 2.22. The zero-order valence-electron chi connectivity index (χ0n) is 10.2. The maximum absolute atomic E-state index is 6.01. The van der Waals surface area contributed by atoms with Crippen molar-refractivity contribution in [2.75, 3.05) is 0 Å². The maximum Gasteiger partial charge on any atom is 0.0567 e. The third-order valence-corrected chi connectivity index (χ3v) is 2.88. The van der Waals surface area contributed by atoms with Crippen LogP contribution in [0.1, 0.15) is 33.6 Å². The third-order valence-electron chi connectivity index (χ3n) is 2.43. The fraction of sp³-hybridized carbons (Fsp3) is 0.385. The van der Waals surface area contributed by atoms with Gasteiger partial charge in [-0.3, -0.25) is 0 Å². The first kappa shape index (κ1) is 14.7. The Kier molecular flexibility index (Phi) is 6.52. The maximum atomic E-state index is 6.01. The van der Waals surface area contributed by atoms with E-state index in [0.717, 1.165) is 28.9 Å². The van der Waals surface area contributed by atoms with E-state index < -0.39 is 0 Å². The Hall–Kier alpha value is -1.27. The van der Waals surface area contributed by atoms with Crippen molar-refractivity contribution in [3.8, 4) is 12.3 Å². The van der Waals surface area contributed by atoms with Crippen LogP contribution in [-0.4, -0.2) is 0 Å². The summed E-state index contributed by atoms with van der Waals surface area (Å²) >= 11 is 4.39. The summed E-state index contributed by atoms with van der Waals surface area (Å²) in [6, 6.07) is 0. The minimum absolute atomic E-state index is 0.583. The molecule has 0 radical (unpaired) electrons. The van der Waals surface area contributed by atoms with Crippen LogP contribution in [-0.2, 0) is 0 Å². The van der Waals surface area contributed by atoms with Gasteiger partial charge in [0.1, 0.15) is 0 Å². The second kappa shape index (κ2) is 7.08. The first-order chi connectivity index (χ1) is 7.49. The summed E-state index contributed by atoms with van der Waals surface area (Å²) in [5.74, 6) is 2.60. The van der Waals surface area contributed by atoms with Gasteiger partial charge in [0, 0.05) is 0 Å². The van der Waals surface area contributed by atoms with Gasteiger partial charge >= 0.3 is 0 Å². The molecular weight excluding hydrogens is 216 g/mol. The molecule has 0 aromatic carbocycles. The molecule has 0 rings (SSSR count). The van der Waals surface area contributed by atoms with Gasteiger partial charge in [0.05, 0.1) is 11.3 Å². The standard InChI is InChI=1S/C13H20N2S/c1-5-7-12(16)11(6-2)13(15)10(4)9(3)8-14/h2,8,16H,5,7,14-15H2,1,3-4H3/b9-8-,12-11-,13-10-. The Morgan fingerprint density at radius 3 is 2.38 bits per heavy atom. The molecule has 0 aliphatic rings. The molecule has 0 unspecified atom stereocenters. The van der Waals surface area contributed by atoms with Gasteiger partial charge in [-0.05, 0) is 42.5 Å². The largest absolute Gasteiger partial charge is 0.404 e. The van der Waals surface area contributed by atoms with Crippen molar-refractivity contribution in [1.29, 1.82) is 0 Å². The molecule has 0 aromatic heterocycles. The Bertz CT molecular complexity index is 381. The van der Waals surface area contributed by atoms with Crippen molar-refractivity contribution in [3.05, 3.63) is 33.5 Å². The van der Waals surface area contributed by atoms with E-state index >= 15 is 0 Å². The highest BCUT2D eigenvalue weighted by Gasteiger charge is 2.08. The van der Waals surface area contributed by atoms with E-state index in [1.807, 2.05) is 13.8 Å². The fourth-order valence-corrected chi connectivity index (χ4v) is 1.61. The first-order valence-electron chi connectivity index (χ1n) is 5.23. The van der Waals surface area contributed by atoms with E-state index in [0.29, 0.717) is 11.3 Å². The monoisotopic (exact) mass is 236 g/mol. The smallest absolute Gasteiger partial charge is 0.0567 e. The van der Waals surface area contributed by atoms with Gasteiger partial charge in [-0.25, -0.2) is 0 Å². The molecule has 16 heavy (non-hydrogen) atoms. The topological polar surface area (TPSA) is 52.0 Å². The molecule has 0 aliphatic heterocycles. The average molecular weight is 236 g/mol. The van der Waals surface area contributed by atoms with Gasteiger partial charge in [0.15, 0.2) is 0 Å². The number of nitrogens with two attached hydrogens (primary N) is 2. The summed E-state index contributed by atoms with van der Waals surface area (Å²) in [6.45, 7) is 5.87. The second-order valence-electron chi connectivity index (χ2n) is 3.60. The van der Waals surface area contributed by atoms with Crippen molar-refractivity contribution < 1.29 is 0 Å². The average Bonchev–Trinajstić information content (AvgIpc) is 2.28. The molecule has 0 saturated carbocycles. The Balaban J connectivity index is 5.47. The van der Waals surface area contributed by atoms with E-state index in [4.69, 9.17) is 17.9 Å². The molecule has 88 valence electrons. The molecule has 0 aromatic rings. The summed E-state index contributed by atoms with van der Waals surface area (Å²) in [4.78, 5) is 0.853. The lowest BCUT2D eigenvalue weighted by molar-refractivity contribution is 0.942. The van der Waals surface area contributed by atoms with Gasteiger partial charge in [-0.15, -0.1) is 19.1 Å². The van der Waals surface area contributed by atoms with Gasteiger partial charge in [-0.1, -0.05) is 19.3 Å². The Morgan fingerprint density at radius 1 is 1.44 bits per heavy atom. The number of rotatable bonds is 4. The first-order valence-corrected chi connectivity index (χ1v) is 5.68. The molecule has 2 nitrogen and oxygen atoms in total. The molecule has 0 bridgehead atoms. The van der Waals surface area contributed by atoms with Crippen LogP contribution < -0.4 is 11.5 Å². The molecule has 0 saturated heterocycles. The minimum atomic E-state index is 0.583. The Labute approximate surface area is 104 Å². The van der Waals surface area contributed by atoms with Crippen molar-refractivity contribution in [1.82, 2.24) is 0 Å². The summed E-state index contributed by atoms with van der Waals surface area (Å²) in [6.07, 6.45) is 8.81. The van der Waals surface area contributed by atoms with Crippen LogP contribution >= 0.6 is 12.6 Å². The lowest BCUT2D eigenvalue weighted by atomic mass is 10.0. The normalized spacial score (nSPS) is 15.1. The molecule has 0 spiro atoms. The van der Waals surface area contributed by atoms with E-state index in [2.05, 4.69) is 25.5 Å². The van der Waals surface area contributed by atoms with E-state index in [-0.39, 0.29) is 0 Å². The number of thiol groups is 1. The van der Waals surface area contributed by atoms with Crippen LogP contribution in [0.15, 0.2) is 33.5 Å². The van der Waals surface area contributed by atoms with E-state index in [9.17, 15) is 0 Å². The molecular formula is C13H20N2S. The number of hydrogen-bond acceptors (Lipinski definition) is 3. The summed E-state index contributed by atoms with van der Waals surface area (Å²) in [5.41, 5.74) is 14.5. The zero-order valence-corrected chi connectivity index (χ0v) is 11.1. The predicted molar refractivity (Wildman–Crippen MR) is 74.6 cm³/mol. The summed E-state index contributed by atoms with van der Waals surface area (Å²) in [7, 11) is 0. The van der Waals surface area contributed by atoms with Crippen molar-refractivity contribution in [2.24, 2.45) is 11.5 Å². The van der Waals surface area contributed by atoms with E-state index in [1.165, 1.54) is 6.20 Å². The van der Waals surface area contributed by atoms with Crippen LogP contribution in [0.3, 0.4) is 0 Å². The molecule has 3 heteroatoms. The predicted octanol–water partition coefficient (Wildman–Crippen LogP) is 2.70. The number of terminal acetylenes is 1. The lowest BCUT2D eigenvalue weighted by Gasteiger charge is -2.10. The number of hydrogen-bond donors (Lipinski definition) is 3. The highest BCUT2D eigenvalue weighted by atomic mass is 32.1. The molecule has 0 fully saturated rings. The Morgan fingerprint density at radius 2 is 2.00 bits per heavy atom. The van der Waals surface area contributed by atoms with Gasteiger partial charge in [-0.2, -0.15) is 0 Å². The molecule has 0 amide bonds. The van der Waals surface area contributed by atoms with Crippen LogP contribution in [0, 0.1) is 12.3 Å². The van der Waals surface area contributed by atoms with Gasteiger partial charge in [0.2, 0.25) is 0 Å². The lowest BCUT2D eigenvalue weighted by Crippen LogP contribution is -2.06. The molecule has 0 heterocycles. The molecule has 4 N–H and O–H groups in total. The van der Waals surface area contributed by atoms with Crippen LogP contribution in [0.4, 0.5) is 0 Å². The second-order valence-corrected chi connectivity index (χ2v) is 4.14. The number of allylic oxidation sites excluding steroid dienone is 4. The van der Waals surface area contributed by atoms with E-state index in [1.54, 1.807) is 0 Å². The molecule has 0 aliphatic carbocycles. The van der Waals surface area contributed by atoms with Crippen molar-refractivity contribution in [2.45, 2.75) is 33.6 Å². The van der Waals surface area contributed by atoms with Gasteiger partial charge < -0.3 is 11.5 Å². The highest BCUT2D eigenvalue weighted by molar-refractivity contribution is 7.84. The zero-order chi connectivity index (χ0) is 12.7. The van der Waals surface area contributed by atoms with Crippen LogP contribution in [0.25, 0.3) is 0 Å². The molecule has 0 atom stereocenters. The summed E-state index contributed by atoms with van der Waals surface area (Å²) < 4.78 is 0. The van der Waals surface area contributed by atoms with Crippen molar-refractivity contribution in [3.63, 3.8) is 0 Å². The SMILES string of the molecule is C#CC(=C(/S)CCC)/C(N)=C(C)/C(C)=C\N. The third kappa shape index (κ3) is 3.71.